The Balaban J connectivity index is 1.38. The van der Waals surface area contributed by atoms with Crippen LogP contribution in [0.3, 0.4) is 0 Å². The highest BCUT2D eigenvalue weighted by Gasteiger charge is 2.30. The van der Waals surface area contributed by atoms with Crippen molar-refractivity contribution in [1.29, 1.82) is 0 Å². The van der Waals surface area contributed by atoms with Crippen LogP contribution in [0.2, 0.25) is 10.0 Å². The first-order valence-corrected chi connectivity index (χ1v) is 10.4. The molecule has 0 saturated heterocycles. The van der Waals surface area contributed by atoms with E-state index in [1.807, 2.05) is 0 Å². The van der Waals surface area contributed by atoms with Crippen LogP contribution in [0.5, 0.6) is 11.5 Å². The van der Waals surface area contributed by atoms with Crippen molar-refractivity contribution in [1.82, 2.24) is 24.8 Å². The molecule has 3 aromatic heterocycles. The van der Waals surface area contributed by atoms with E-state index in [0.29, 0.717) is 22.4 Å². The van der Waals surface area contributed by atoms with Gasteiger partial charge >= 0.3 is 6.18 Å². The average Bonchev–Trinajstić information content (AvgIpc) is 3.28. The zero-order valence-electron chi connectivity index (χ0n) is 17.1. The molecular weight excluding hydrogens is 494 g/mol. The fraction of sp³-hybridized carbons (Fsp3) is 0.0909. The SMILES string of the molecule is O=C(NCc1ncc(Oc2ccc(C(F)(F)F)cc2)cn1)c1cccn1-c1ncc(Cl)cc1Cl. The van der Waals surface area contributed by atoms with Crippen LogP contribution in [0, 0.1) is 0 Å². The third kappa shape index (κ3) is 5.46. The molecule has 0 spiro atoms. The van der Waals surface area contributed by atoms with Crippen LogP contribution in [0.1, 0.15) is 21.9 Å². The molecule has 0 aliphatic carbocycles. The van der Waals surface area contributed by atoms with Crippen molar-refractivity contribution in [3.8, 4) is 17.3 Å². The number of pyridine rings is 1. The summed E-state index contributed by atoms with van der Waals surface area (Å²) in [5, 5.41) is 3.36. The highest BCUT2D eigenvalue weighted by atomic mass is 35.5. The van der Waals surface area contributed by atoms with Gasteiger partial charge in [-0.05, 0) is 42.5 Å². The van der Waals surface area contributed by atoms with Crippen molar-refractivity contribution in [2.24, 2.45) is 0 Å². The molecule has 7 nitrogen and oxygen atoms in total. The standard InChI is InChI=1S/C22H14Cl2F3N5O2/c23-14-8-17(24)20(30-9-14)32-7-1-2-18(32)21(33)31-12-19-28-10-16(11-29-19)34-15-5-3-13(4-6-15)22(25,26)27/h1-11H,12H2,(H,31,33). The molecule has 174 valence electrons. The van der Waals surface area contributed by atoms with Gasteiger partial charge in [0.2, 0.25) is 0 Å². The lowest BCUT2D eigenvalue weighted by Crippen LogP contribution is -2.26. The molecule has 3 heterocycles. The topological polar surface area (TPSA) is 81.9 Å². The minimum atomic E-state index is -4.42. The van der Waals surface area contributed by atoms with E-state index in [9.17, 15) is 18.0 Å². The van der Waals surface area contributed by atoms with Gasteiger partial charge in [-0.2, -0.15) is 13.2 Å². The second kappa shape index (κ2) is 9.70. The quantitative estimate of drug-likeness (QED) is 0.361. The Kier molecular flexibility index (Phi) is 6.71. The fourth-order valence-electron chi connectivity index (χ4n) is 2.92. The lowest BCUT2D eigenvalue weighted by Gasteiger charge is -2.11. The minimum Gasteiger partial charge on any atom is -0.454 e. The first-order valence-electron chi connectivity index (χ1n) is 9.64. The molecule has 0 aliphatic rings. The zero-order chi connectivity index (χ0) is 24.3. The minimum absolute atomic E-state index is 0.0202. The Labute approximate surface area is 201 Å². The Hall–Kier alpha value is -3.63. The normalized spacial score (nSPS) is 11.3. The summed E-state index contributed by atoms with van der Waals surface area (Å²) in [5.41, 5.74) is -0.485. The highest BCUT2D eigenvalue weighted by Crippen LogP contribution is 2.31. The van der Waals surface area contributed by atoms with Gasteiger partial charge in [0.25, 0.3) is 5.91 Å². The van der Waals surface area contributed by atoms with E-state index >= 15 is 0 Å². The molecule has 0 aliphatic heterocycles. The van der Waals surface area contributed by atoms with E-state index in [2.05, 4.69) is 20.3 Å². The predicted molar refractivity (Wildman–Crippen MR) is 118 cm³/mol. The Morgan fingerprint density at radius 2 is 1.71 bits per heavy atom. The lowest BCUT2D eigenvalue weighted by atomic mass is 10.2. The van der Waals surface area contributed by atoms with Gasteiger partial charge in [0.1, 0.15) is 17.3 Å². The number of nitrogens with zero attached hydrogens (tertiary/aromatic N) is 4. The molecule has 34 heavy (non-hydrogen) atoms. The molecular formula is C22H14Cl2F3N5O2. The summed E-state index contributed by atoms with van der Waals surface area (Å²) < 4.78 is 44.9. The largest absolute Gasteiger partial charge is 0.454 e. The summed E-state index contributed by atoms with van der Waals surface area (Å²) in [4.78, 5) is 25.0. The first-order chi connectivity index (χ1) is 16.2. The van der Waals surface area contributed by atoms with Gasteiger partial charge in [-0.15, -0.1) is 0 Å². The second-order valence-corrected chi connectivity index (χ2v) is 7.71. The summed E-state index contributed by atoms with van der Waals surface area (Å²) in [5.74, 6) is 0.669. The number of carbonyl (C=O) groups excluding carboxylic acids is 1. The monoisotopic (exact) mass is 507 g/mol. The maximum absolute atomic E-state index is 12.7. The maximum Gasteiger partial charge on any atom is 0.416 e. The third-order valence-electron chi connectivity index (χ3n) is 4.50. The number of carbonyl (C=O) groups is 1. The third-order valence-corrected chi connectivity index (χ3v) is 4.99. The van der Waals surface area contributed by atoms with Crippen LogP contribution in [0.25, 0.3) is 5.82 Å². The van der Waals surface area contributed by atoms with Gasteiger partial charge in [-0.3, -0.25) is 9.36 Å². The number of rotatable bonds is 6. The number of ether oxygens (including phenoxy) is 1. The van der Waals surface area contributed by atoms with Crippen LogP contribution >= 0.6 is 23.2 Å². The highest BCUT2D eigenvalue weighted by molar-refractivity contribution is 6.35. The molecule has 12 heteroatoms. The zero-order valence-corrected chi connectivity index (χ0v) is 18.6. The predicted octanol–water partition coefficient (Wildman–Crippen LogP) is 5.71. The number of benzene rings is 1. The van der Waals surface area contributed by atoms with Gasteiger partial charge in [-0.25, -0.2) is 15.0 Å². The molecule has 4 aromatic rings. The first kappa shape index (κ1) is 23.5. The lowest BCUT2D eigenvalue weighted by molar-refractivity contribution is -0.137. The summed E-state index contributed by atoms with van der Waals surface area (Å²) in [6, 6.07) is 9.04. The maximum atomic E-state index is 12.7. The Bertz CT molecular complexity index is 1310. The van der Waals surface area contributed by atoms with Crippen LogP contribution in [0.4, 0.5) is 13.2 Å². The molecule has 0 saturated carbocycles. The molecule has 0 bridgehead atoms. The Morgan fingerprint density at radius 1 is 1.00 bits per heavy atom. The van der Waals surface area contributed by atoms with Crippen molar-refractivity contribution in [2.45, 2.75) is 12.7 Å². The van der Waals surface area contributed by atoms with Gasteiger partial charge in [0, 0.05) is 12.4 Å². The van der Waals surface area contributed by atoms with Gasteiger partial charge in [-0.1, -0.05) is 23.2 Å². The van der Waals surface area contributed by atoms with E-state index in [0.717, 1.165) is 12.1 Å². The van der Waals surface area contributed by atoms with Gasteiger partial charge < -0.3 is 10.1 Å². The summed E-state index contributed by atoms with van der Waals surface area (Å²) in [6.07, 6.45) is 1.35. The number of amides is 1. The number of halogens is 5. The van der Waals surface area contributed by atoms with Crippen molar-refractivity contribution in [3.05, 3.63) is 94.4 Å². The van der Waals surface area contributed by atoms with Crippen molar-refractivity contribution in [3.63, 3.8) is 0 Å². The molecule has 1 aromatic carbocycles. The van der Waals surface area contributed by atoms with Gasteiger partial charge in [0.05, 0.1) is 34.5 Å². The van der Waals surface area contributed by atoms with Gasteiger partial charge in [0.15, 0.2) is 11.6 Å². The van der Waals surface area contributed by atoms with Crippen LogP contribution in [-0.4, -0.2) is 25.4 Å². The molecule has 4 rings (SSSR count). The number of alkyl halides is 3. The van der Waals surface area contributed by atoms with Crippen molar-refractivity contribution < 1.29 is 22.7 Å². The smallest absolute Gasteiger partial charge is 0.416 e. The Morgan fingerprint density at radius 3 is 2.35 bits per heavy atom. The molecule has 0 atom stereocenters. The van der Waals surface area contributed by atoms with E-state index in [4.69, 9.17) is 27.9 Å². The summed E-state index contributed by atoms with van der Waals surface area (Å²) in [6.45, 7) is 0.0202. The average molecular weight is 508 g/mol. The van der Waals surface area contributed by atoms with Crippen molar-refractivity contribution >= 4 is 29.1 Å². The van der Waals surface area contributed by atoms with Crippen molar-refractivity contribution in [2.75, 3.05) is 0 Å². The van der Waals surface area contributed by atoms with Crippen LogP contribution in [0.15, 0.2) is 67.3 Å². The number of aromatic nitrogens is 4. The fourth-order valence-corrected chi connectivity index (χ4v) is 3.39. The number of hydrogen-bond donors (Lipinski definition) is 1. The molecule has 1 N–H and O–H groups in total. The second-order valence-electron chi connectivity index (χ2n) is 6.86. The molecule has 0 radical (unpaired) electrons. The summed E-state index contributed by atoms with van der Waals surface area (Å²) >= 11 is 12.1. The van der Waals surface area contributed by atoms with E-state index < -0.39 is 17.6 Å². The van der Waals surface area contributed by atoms with E-state index in [-0.39, 0.29) is 23.1 Å². The summed E-state index contributed by atoms with van der Waals surface area (Å²) in [7, 11) is 0. The number of hydrogen-bond acceptors (Lipinski definition) is 5. The molecule has 0 fully saturated rings. The molecule has 1 amide bonds. The van der Waals surface area contributed by atoms with E-state index in [1.54, 1.807) is 18.3 Å². The number of nitrogens with one attached hydrogen (secondary N) is 1. The van der Waals surface area contributed by atoms with Crippen LogP contribution in [-0.2, 0) is 12.7 Å². The van der Waals surface area contributed by atoms with Crippen LogP contribution < -0.4 is 10.1 Å². The molecule has 0 unspecified atom stereocenters. The van der Waals surface area contributed by atoms with E-state index in [1.165, 1.54) is 41.4 Å².